The molecular formula is C37H22N2. The highest BCUT2D eigenvalue weighted by Crippen LogP contribution is 2.49. The predicted octanol–water partition coefficient (Wildman–Crippen LogP) is 9.80. The van der Waals surface area contributed by atoms with E-state index in [1.165, 1.54) is 66.0 Å². The molecule has 0 saturated heterocycles. The molecule has 1 aliphatic carbocycles. The third-order valence-corrected chi connectivity index (χ3v) is 8.38. The molecule has 0 unspecified atom stereocenters. The van der Waals surface area contributed by atoms with Crippen LogP contribution in [-0.2, 0) is 0 Å². The number of nitrogens with zero attached hydrogens (tertiary/aromatic N) is 2. The molecule has 6 aromatic carbocycles. The molecule has 0 amide bonds. The van der Waals surface area contributed by atoms with E-state index in [9.17, 15) is 0 Å². The van der Waals surface area contributed by atoms with Crippen molar-refractivity contribution in [3.05, 3.63) is 134 Å². The fourth-order valence-corrected chi connectivity index (χ4v) is 6.66. The molecule has 9 rings (SSSR count). The van der Waals surface area contributed by atoms with Crippen molar-refractivity contribution in [2.75, 3.05) is 0 Å². The van der Waals surface area contributed by atoms with Crippen LogP contribution >= 0.6 is 0 Å². The van der Waals surface area contributed by atoms with Gasteiger partial charge in [0.05, 0.1) is 16.6 Å². The molecule has 0 saturated carbocycles. The number of pyridine rings is 1. The van der Waals surface area contributed by atoms with Crippen LogP contribution in [0.25, 0.3) is 82.5 Å². The molecule has 1 aliphatic rings. The fourth-order valence-electron chi connectivity index (χ4n) is 6.66. The van der Waals surface area contributed by atoms with Crippen molar-refractivity contribution in [2.24, 2.45) is 0 Å². The zero-order chi connectivity index (χ0) is 25.5. The van der Waals surface area contributed by atoms with Gasteiger partial charge in [-0.15, -0.1) is 0 Å². The number of hydrogen-bond donors (Lipinski definition) is 0. The largest absolute Gasteiger partial charge is 0.309 e. The Hall–Kier alpha value is -5.21. The number of aromatic nitrogens is 2. The van der Waals surface area contributed by atoms with E-state index in [0.717, 1.165) is 16.6 Å². The molecule has 8 aromatic rings. The van der Waals surface area contributed by atoms with Gasteiger partial charge in [-0.25, -0.2) is 0 Å². The maximum atomic E-state index is 4.61. The van der Waals surface area contributed by atoms with Crippen LogP contribution in [0, 0.1) is 0 Å². The SMILES string of the molecule is c1ccc2c(c1)-c1cccc3c(-c4ccc(-n5c6ccccc6c6cc7ncccc7cc65)cc4)ccc-2c13. The molecule has 2 nitrogen and oxygen atoms in total. The lowest BCUT2D eigenvalue weighted by Crippen LogP contribution is -1.94. The van der Waals surface area contributed by atoms with Crippen LogP contribution in [0.15, 0.2) is 134 Å². The van der Waals surface area contributed by atoms with Gasteiger partial charge in [-0.05, 0) is 80.6 Å². The Labute approximate surface area is 225 Å². The second-order valence-electron chi connectivity index (χ2n) is 10.4. The summed E-state index contributed by atoms with van der Waals surface area (Å²) >= 11 is 0. The van der Waals surface area contributed by atoms with Crippen LogP contribution < -0.4 is 0 Å². The highest BCUT2D eigenvalue weighted by molar-refractivity contribution is 6.18. The monoisotopic (exact) mass is 494 g/mol. The Morgan fingerprint density at radius 2 is 1.18 bits per heavy atom. The average molecular weight is 495 g/mol. The summed E-state index contributed by atoms with van der Waals surface area (Å²) in [5, 5.41) is 6.30. The zero-order valence-electron chi connectivity index (χ0n) is 21.1. The van der Waals surface area contributed by atoms with Gasteiger partial charge in [-0.3, -0.25) is 4.98 Å². The van der Waals surface area contributed by atoms with Gasteiger partial charge >= 0.3 is 0 Å². The van der Waals surface area contributed by atoms with E-state index in [0.29, 0.717) is 0 Å². The second kappa shape index (κ2) is 7.66. The maximum absolute atomic E-state index is 4.61. The average Bonchev–Trinajstić information content (AvgIpc) is 3.50. The lowest BCUT2D eigenvalue weighted by molar-refractivity contribution is 1.18. The first-order valence-corrected chi connectivity index (χ1v) is 13.4. The summed E-state index contributed by atoms with van der Waals surface area (Å²) in [7, 11) is 0. The minimum absolute atomic E-state index is 1.03. The molecule has 0 bridgehead atoms. The molecule has 180 valence electrons. The molecule has 2 heteroatoms. The van der Waals surface area contributed by atoms with E-state index in [4.69, 9.17) is 0 Å². The number of benzene rings is 6. The van der Waals surface area contributed by atoms with Gasteiger partial charge in [-0.1, -0.05) is 91.0 Å². The Morgan fingerprint density at radius 3 is 2.05 bits per heavy atom. The van der Waals surface area contributed by atoms with E-state index in [2.05, 4.69) is 131 Å². The molecule has 39 heavy (non-hydrogen) atoms. The van der Waals surface area contributed by atoms with Crippen LogP contribution in [0.1, 0.15) is 0 Å². The van der Waals surface area contributed by atoms with Gasteiger partial charge in [-0.2, -0.15) is 0 Å². The van der Waals surface area contributed by atoms with Crippen LogP contribution in [0.5, 0.6) is 0 Å². The quantitative estimate of drug-likeness (QED) is 0.234. The molecule has 2 aromatic heterocycles. The summed E-state index contributed by atoms with van der Waals surface area (Å²) in [6, 6.07) is 46.4. The van der Waals surface area contributed by atoms with Crippen molar-refractivity contribution in [3.8, 4) is 39.1 Å². The molecule has 0 radical (unpaired) electrons. The lowest BCUT2D eigenvalue weighted by atomic mass is 9.94. The summed E-state index contributed by atoms with van der Waals surface area (Å²) in [6.07, 6.45) is 1.87. The number of para-hydroxylation sites is 1. The first-order valence-electron chi connectivity index (χ1n) is 13.4. The van der Waals surface area contributed by atoms with Gasteiger partial charge in [0.1, 0.15) is 0 Å². The van der Waals surface area contributed by atoms with Gasteiger partial charge in [0.15, 0.2) is 0 Å². The summed E-state index contributed by atoms with van der Waals surface area (Å²) < 4.78 is 2.38. The smallest absolute Gasteiger partial charge is 0.0709 e. The number of hydrogen-bond acceptors (Lipinski definition) is 1. The summed E-state index contributed by atoms with van der Waals surface area (Å²) in [6.45, 7) is 0. The molecule has 0 N–H and O–H groups in total. The maximum Gasteiger partial charge on any atom is 0.0709 e. The van der Waals surface area contributed by atoms with Gasteiger partial charge in [0, 0.05) is 28.0 Å². The summed E-state index contributed by atoms with van der Waals surface area (Å²) in [5.74, 6) is 0. The van der Waals surface area contributed by atoms with Crippen molar-refractivity contribution >= 4 is 43.5 Å². The van der Waals surface area contributed by atoms with Gasteiger partial charge < -0.3 is 4.57 Å². The molecular weight excluding hydrogens is 472 g/mol. The van der Waals surface area contributed by atoms with Crippen molar-refractivity contribution in [1.29, 1.82) is 0 Å². The molecule has 0 atom stereocenters. The number of rotatable bonds is 2. The highest BCUT2D eigenvalue weighted by atomic mass is 15.0. The number of fused-ring (bicyclic) bond motifs is 7. The third-order valence-electron chi connectivity index (χ3n) is 8.38. The van der Waals surface area contributed by atoms with E-state index in [1.54, 1.807) is 0 Å². The second-order valence-corrected chi connectivity index (χ2v) is 10.4. The first-order chi connectivity index (χ1) is 19.3. The van der Waals surface area contributed by atoms with Gasteiger partial charge in [0.2, 0.25) is 0 Å². The zero-order valence-corrected chi connectivity index (χ0v) is 21.1. The molecule has 0 spiro atoms. The summed E-state index contributed by atoms with van der Waals surface area (Å²) in [4.78, 5) is 4.61. The Bertz CT molecular complexity index is 2240. The van der Waals surface area contributed by atoms with Crippen molar-refractivity contribution < 1.29 is 0 Å². The van der Waals surface area contributed by atoms with Crippen molar-refractivity contribution in [1.82, 2.24) is 9.55 Å². The summed E-state index contributed by atoms with van der Waals surface area (Å²) in [5.41, 5.74) is 12.4. The van der Waals surface area contributed by atoms with E-state index in [-0.39, 0.29) is 0 Å². The minimum atomic E-state index is 1.03. The topological polar surface area (TPSA) is 17.8 Å². The van der Waals surface area contributed by atoms with E-state index < -0.39 is 0 Å². The predicted molar refractivity (Wildman–Crippen MR) is 163 cm³/mol. The highest BCUT2D eigenvalue weighted by Gasteiger charge is 2.22. The van der Waals surface area contributed by atoms with E-state index >= 15 is 0 Å². The molecule has 0 aliphatic heterocycles. The normalized spacial score (nSPS) is 12.1. The Balaban J connectivity index is 1.24. The van der Waals surface area contributed by atoms with Gasteiger partial charge in [0.25, 0.3) is 0 Å². The Morgan fingerprint density at radius 1 is 0.462 bits per heavy atom. The fraction of sp³-hybridized carbons (Fsp3) is 0. The van der Waals surface area contributed by atoms with Crippen LogP contribution in [-0.4, -0.2) is 9.55 Å². The van der Waals surface area contributed by atoms with Crippen LogP contribution in [0.2, 0.25) is 0 Å². The van der Waals surface area contributed by atoms with Crippen molar-refractivity contribution in [2.45, 2.75) is 0 Å². The Kier molecular flexibility index (Phi) is 4.08. The van der Waals surface area contributed by atoms with E-state index in [1.807, 2.05) is 12.3 Å². The standard InChI is InChI=1S/C37H22N2/c1-2-9-28-27(8-1)31-12-5-11-30-26(18-19-32(28)37(30)31)23-14-16-25(17-15-23)39-35-13-4-3-10-29(35)33-22-34-24(21-36(33)39)7-6-20-38-34/h1-22H. The first kappa shape index (κ1) is 20.8. The van der Waals surface area contributed by atoms with Crippen LogP contribution in [0.3, 0.4) is 0 Å². The minimum Gasteiger partial charge on any atom is -0.309 e. The third kappa shape index (κ3) is 2.83. The molecule has 0 fully saturated rings. The van der Waals surface area contributed by atoms with Crippen LogP contribution in [0.4, 0.5) is 0 Å². The lowest BCUT2D eigenvalue weighted by Gasteiger charge is -2.12. The van der Waals surface area contributed by atoms with Crippen molar-refractivity contribution in [3.63, 3.8) is 0 Å². The molecule has 2 heterocycles.